The minimum Gasteiger partial charge on any atom is -0.399 e. The van der Waals surface area contributed by atoms with E-state index >= 15 is 0 Å². The van der Waals surface area contributed by atoms with Crippen LogP contribution in [0.5, 0.6) is 0 Å². The molecule has 2 N–H and O–H groups in total. The number of hydrogen-bond acceptors (Lipinski definition) is 1. The second kappa shape index (κ2) is 4.38. The number of nitrogens with two attached hydrogens (primary N) is 1. The van der Waals surface area contributed by atoms with Crippen LogP contribution >= 0.6 is 11.6 Å². The number of hydrogen-bond donors (Lipinski definition) is 1. The van der Waals surface area contributed by atoms with E-state index in [-0.39, 0.29) is 5.82 Å². The van der Waals surface area contributed by atoms with Crippen LogP contribution in [0, 0.1) is 19.7 Å². The molecule has 0 aromatic heterocycles. The molecule has 0 saturated carbocycles. The van der Waals surface area contributed by atoms with Crippen molar-refractivity contribution in [3.8, 4) is 11.1 Å². The van der Waals surface area contributed by atoms with Gasteiger partial charge in [0.15, 0.2) is 0 Å². The van der Waals surface area contributed by atoms with E-state index in [1.807, 2.05) is 19.9 Å². The summed E-state index contributed by atoms with van der Waals surface area (Å²) >= 11 is 6.10. The van der Waals surface area contributed by atoms with Crippen LogP contribution in [0.25, 0.3) is 11.1 Å². The van der Waals surface area contributed by atoms with Crippen molar-refractivity contribution in [3.05, 3.63) is 52.3 Å². The Bertz CT molecular complexity index is 555. The zero-order valence-corrected chi connectivity index (χ0v) is 10.5. The maximum atomic E-state index is 14.0. The summed E-state index contributed by atoms with van der Waals surface area (Å²) in [6, 6.07) is 8.55. The quantitative estimate of drug-likeness (QED) is 0.748. The molecule has 2 rings (SSSR count). The van der Waals surface area contributed by atoms with Gasteiger partial charge in [-0.1, -0.05) is 23.7 Å². The van der Waals surface area contributed by atoms with Crippen LogP contribution in [-0.4, -0.2) is 0 Å². The van der Waals surface area contributed by atoms with Crippen molar-refractivity contribution in [2.75, 3.05) is 5.73 Å². The molecule has 2 aromatic rings. The first-order valence-electron chi connectivity index (χ1n) is 5.31. The van der Waals surface area contributed by atoms with Gasteiger partial charge in [-0.25, -0.2) is 4.39 Å². The van der Waals surface area contributed by atoms with E-state index in [9.17, 15) is 4.39 Å². The lowest BCUT2D eigenvalue weighted by Crippen LogP contribution is -1.93. The third-order valence-electron chi connectivity index (χ3n) is 2.69. The monoisotopic (exact) mass is 249 g/mol. The van der Waals surface area contributed by atoms with Crippen molar-refractivity contribution in [1.29, 1.82) is 0 Å². The zero-order valence-electron chi connectivity index (χ0n) is 9.72. The van der Waals surface area contributed by atoms with Gasteiger partial charge in [-0.2, -0.15) is 0 Å². The number of rotatable bonds is 1. The lowest BCUT2D eigenvalue weighted by atomic mass is 9.98. The molecule has 0 fully saturated rings. The molecule has 0 aliphatic carbocycles. The highest BCUT2D eigenvalue weighted by atomic mass is 35.5. The molecule has 88 valence electrons. The number of aryl methyl sites for hydroxylation is 2. The molecule has 0 bridgehead atoms. The van der Waals surface area contributed by atoms with E-state index in [2.05, 4.69) is 0 Å². The molecule has 17 heavy (non-hydrogen) atoms. The Balaban J connectivity index is 2.68. The Hall–Kier alpha value is -1.54. The smallest absolute Gasteiger partial charge is 0.131 e. The van der Waals surface area contributed by atoms with E-state index in [0.717, 1.165) is 11.1 Å². The first kappa shape index (κ1) is 11.9. The summed E-state index contributed by atoms with van der Waals surface area (Å²) in [4.78, 5) is 0. The van der Waals surface area contributed by atoms with Crippen LogP contribution in [0.3, 0.4) is 0 Å². The third-order valence-corrected chi connectivity index (χ3v) is 3.01. The largest absolute Gasteiger partial charge is 0.399 e. The molecular weight excluding hydrogens is 237 g/mol. The summed E-state index contributed by atoms with van der Waals surface area (Å²) in [5.74, 6) is -0.255. The van der Waals surface area contributed by atoms with Gasteiger partial charge in [0.05, 0.1) is 5.02 Å². The fourth-order valence-corrected chi connectivity index (χ4v) is 2.27. The van der Waals surface area contributed by atoms with Crippen LogP contribution in [0.15, 0.2) is 30.3 Å². The lowest BCUT2D eigenvalue weighted by Gasteiger charge is -2.11. The first-order chi connectivity index (χ1) is 7.99. The highest BCUT2D eigenvalue weighted by molar-refractivity contribution is 6.33. The van der Waals surface area contributed by atoms with Crippen LogP contribution in [0.2, 0.25) is 5.02 Å². The molecular formula is C14H13ClFN. The summed E-state index contributed by atoms with van der Waals surface area (Å²) in [5.41, 5.74) is 9.19. The minimum atomic E-state index is -0.255. The summed E-state index contributed by atoms with van der Waals surface area (Å²) < 4.78 is 14.0. The number of nitrogen functional groups attached to an aromatic ring is 1. The normalized spacial score (nSPS) is 10.6. The molecule has 3 heteroatoms. The fourth-order valence-electron chi connectivity index (χ4n) is 1.99. The molecule has 1 nitrogen and oxygen atoms in total. The van der Waals surface area contributed by atoms with Crippen LogP contribution in [-0.2, 0) is 0 Å². The first-order valence-corrected chi connectivity index (χ1v) is 5.69. The molecule has 0 amide bonds. The summed E-state index contributed by atoms with van der Waals surface area (Å²) in [6.45, 7) is 3.74. The van der Waals surface area contributed by atoms with Crippen molar-refractivity contribution in [3.63, 3.8) is 0 Å². The van der Waals surface area contributed by atoms with Crippen molar-refractivity contribution >= 4 is 17.3 Å². The minimum absolute atomic E-state index is 0.255. The fraction of sp³-hybridized carbons (Fsp3) is 0.143. The second-order valence-electron chi connectivity index (χ2n) is 4.18. The number of anilines is 1. The van der Waals surface area contributed by atoms with Gasteiger partial charge in [-0.05, 0) is 43.2 Å². The predicted molar refractivity (Wildman–Crippen MR) is 70.7 cm³/mol. The average Bonchev–Trinajstić information content (AvgIpc) is 2.19. The van der Waals surface area contributed by atoms with Gasteiger partial charge in [0.2, 0.25) is 0 Å². The van der Waals surface area contributed by atoms with Gasteiger partial charge in [-0.3, -0.25) is 0 Å². The molecule has 0 spiro atoms. The van der Waals surface area contributed by atoms with E-state index in [1.54, 1.807) is 18.2 Å². The van der Waals surface area contributed by atoms with E-state index in [1.165, 1.54) is 6.07 Å². The molecule has 2 aromatic carbocycles. The summed E-state index contributed by atoms with van der Waals surface area (Å²) in [7, 11) is 0. The van der Waals surface area contributed by atoms with Crippen LogP contribution in [0.4, 0.5) is 10.1 Å². The Morgan fingerprint density at radius 3 is 2.41 bits per heavy atom. The highest BCUT2D eigenvalue weighted by Gasteiger charge is 2.12. The van der Waals surface area contributed by atoms with Gasteiger partial charge in [-0.15, -0.1) is 0 Å². The van der Waals surface area contributed by atoms with Crippen LogP contribution in [0.1, 0.15) is 11.1 Å². The van der Waals surface area contributed by atoms with Gasteiger partial charge >= 0.3 is 0 Å². The highest BCUT2D eigenvalue weighted by Crippen LogP contribution is 2.34. The molecule has 0 aliphatic heterocycles. The second-order valence-corrected chi connectivity index (χ2v) is 4.59. The Kier molecular flexibility index (Phi) is 3.07. The van der Waals surface area contributed by atoms with Gasteiger partial charge < -0.3 is 5.73 Å². The molecule has 0 saturated heterocycles. The molecule has 0 radical (unpaired) electrons. The molecule has 0 heterocycles. The summed E-state index contributed by atoms with van der Waals surface area (Å²) in [5, 5.41) is 0.468. The number of halogens is 2. The molecule has 0 unspecified atom stereocenters. The zero-order chi connectivity index (χ0) is 12.6. The van der Waals surface area contributed by atoms with Gasteiger partial charge in [0.1, 0.15) is 5.82 Å². The third kappa shape index (κ3) is 2.27. The predicted octanol–water partition coefficient (Wildman–Crippen LogP) is 4.35. The standard InChI is InChI=1S/C14H13ClFN/c1-8-5-9(2)14(13(16)6-8)11-4-3-10(17)7-12(11)15/h3-7H,17H2,1-2H3. The maximum absolute atomic E-state index is 14.0. The maximum Gasteiger partial charge on any atom is 0.131 e. The number of benzene rings is 2. The summed E-state index contributed by atoms with van der Waals surface area (Å²) in [6.07, 6.45) is 0. The van der Waals surface area contributed by atoms with Crippen molar-refractivity contribution in [2.24, 2.45) is 0 Å². The van der Waals surface area contributed by atoms with E-state index in [0.29, 0.717) is 21.8 Å². The molecule has 0 aliphatic rings. The van der Waals surface area contributed by atoms with Crippen molar-refractivity contribution in [2.45, 2.75) is 13.8 Å². The van der Waals surface area contributed by atoms with Crippen molar-refractivity contribution in [1.82, 2.24) is 0 Å². The SMILES string of the molecule is Cc1cc(C)c(-c2ccc(N)cc2Cl)c(F)c1. The Morgan fingerprint density at radius 2 is 1.82 bits per heavy atom. The van der Waals surface area contributed by atoms with Gasteiger partial charge in [0, 0.05) is 16.8 Å². The topological polar surface area (TPSA) is 26.0 Å². The van der Waals surface area contributed by atoms with Crippen molar-refractivity contribution < 1.29 is 4.39 Å². The Labute approximate surface area is 105 Å². The van der Waals surface area contributed by atoms with Crippen LogP contribution < -0.4 is 5.73 Å². The van der Waals surface area contributed by atoms with E-state index < -0.39 is 0 Å². The van der Waals surface area contributed by atoms with Gasteiger partial charge in [0.25, 0.3) is 0 Å². The van der Waals surface area contributed by atoms with E-state index in [4.69, 9.17) is 17.3 Å². The lowest BCUT2D eigenvalue weighted by molar-refractivity contribution is 0.629. The molecule has 0 atom stereocenters. The average molecular weight is 250 g/mol. The Morgan fingerprint density at radius 1 is 1.12 bits per heavy atom.